The molecule has 0 aliphatic carbocycles. The van der Waals surface area contributed by atoms with Gasteiger partial charge in [0.15, 0.2) is 0 Å². The predicted octanol–water partition coefficient (Wildman–Crippen LogP) is 1.37. The van der Waals surface area contributed by atoms with Crippen molar-refractivity contribution in [2.75, 3.05) is 19.0 Å². The number of rotatable bonds is 5. The molecule has 0 fully saturated rings. The second kappa shape index (κ2) is 6.03. The maximum absolute atomic E-state index is 11.4. The highest BCUT2D eigenvalue weighted by Gasteiger charge is 2.05. The number of carbonyl (C=O) groups is 1. The first-order valence-electron chi connectivity index (χ1n) is 4.91. The van der Waals surface area contributed by atoms with Crippen LogP contribution in [0.25, 0.3) is 0 Å². The van der Waals surface area contributed by atoms with Crippen molar-refractivity contribution in [3.05, 3.63) is 24.3 Å². The summed E-state index contributed by atoms with van der Waals surface area (Å²) in [5.41, 5.74) is 6.02. The summed E-state index contributed by atoms with van der Waals surface area (Å²) in [6.07, 6.45) is 1.13. The van der Waals surface area contributed by atoms with Crippen LogP contribution in [0.2, 0.25) is 0 Å². The third-order valence-corrected chi connectivity index (χ3v) is 1.99. The molecule has 4 nitrogen and oxygen atoms in total. The Morgan fingerprint density at radius 1 is 1.47 bits per heavy atom. The highest BCUT2D eigenvalue weighted by molar-refractivity contribution is 5.92. The molecular formula is C11H16N2O2. The van der Waals surface area contributed by atoms with E-state index in [0.29, 0.717) is 30.8 Å². The van der Waals surface area contributed by atoms with E-state index in [1.54, 1.807) is 19.2 Å². The van der Waals surface area contributed by atoms with Crippen molar-refractivity contribution in [1.29, 1.82) is 0 Å². The van der Waals surface area contributed by atoms with Crippen LogP contribution in [-0.4, -0.2) is 19.6 Å². The standard InChI is InChI=1S/C11H16N2O2/c1-15-10-6-3-2-5-9(10)13-11(14)7-4-8-12/h2-3,5-6H,4,7-8,12H2,1H3,(H,13,14). The van der Waals surface area contributed by atoms with E-state index >= 15 is 0 Å². The zero-order valence-corrected chi connectivity index (χ0v) is 8.82. The van der Waals surface area contributed by atoms with E-state index in [1.807, 2.05) is 12.1 Å². The van der Waals surface area contributed by atoms with Gasteiger partial charge >= 0.3 is 0 Å². The molecule has 15 heavy (non-hydrogen) atoms. The molecule has 0 heterocycles. The molecule has 4 heteroatoms. The summed E-state index contributed by atoms with van der Waals surface area (Å²) in [5.74, 6) is 0.628. The summed E-state index contributed by atoms with van der Waals surface area (Å²) in [6, 6.07) is 7.31. The average Bonchev–Trinajstić information content (AvgIpc) is 2.27. The zero-order chi connectivity index (χ0) is 11.1. The Bertz CT molecular complexity index is 326. The van der Waals surface area contributed by atoms with Gasteiger partial charge in [-0.25, -0.2) is 0 Å². The number of nitrogens with two attached hydrogens (primary N) is 1. The Balaban J connectivity index is 2.59. The Morgan fingerprint density at radius 3 is 2.87 bits per heavy atom. The second-order valence-electron chi connectivity index (χ2n) is 3.14. The van der Waals surface area contributed by atoms with E-state index in [-0.39, 0.29) is 5.91 Å². The zero-order valence-electron chi connectivity index (χ0n) is 8.82. The number of benzene rings is 1. The number of hydrogen-bond acceptors (Lipinski definition) is 3. The maximum atomic E-state index is 11.4. The number of amides is 1. The van der Waals surface area contributed by atoms with Gasteiger partial charge in [0.2, 0.25) is 5.91 Å². The van der Waals surface area contributed by atoms with Crippen LogP contribution in [0.15, 0.2) is 24.3 Å². The first kappa shape index (κ1) is 11.5. The highest BCUT2D eigenvalue weighted by atomic mass is 16.5. The van der Waals surface area contributed by atoms with Gasteiger partial charge in [0, 0.05) is 6.42 Å². The molecule has 82 valence electrons. The molecule has 1 rings (SSSR count). The molecule has 0 atom stereocenters. The van der Waals surface area contributed by atoms with Gasteiger partial charge in [0.1, 0.15) is 5.75 Å². The summed E-state index contributed by atoms with van der Waals surface area (Å²) < 4.78 is 5.11. The molecule has 0 aromatic heterocycles. The third kappa shape index (κ3) is 3.59. The first-order chi connectivity index (χ1) is 7.27. The number of methoxy groups -OCH3 is 1. The molecule has 0 aliphatic rings. The van der Waals surface area contributed by atoms with Gasteiger partial charge in [0.25, 0.3) is 0 Å². The summed E-state index contributed by atoms with van der Waals surface area (Å²) >= 11 is 0. The van der Waals surface area contributed by atoms with Crippen molar-refractivity contribution in [2.45, 2.75) is 12.8 Å². The van der Waals surface area contributed by atoms with E-state index in [9.17, 15) is 4.79 Å². The molecule has 0 saturated heterocycles. The Hall–Kier alpha value is -1.55. The SMILES string of the molecule is COc1ccccc1NC(=O)CCCN. The number of carbonyl (C=O) groups excluding carboxylic acids is 1. The van der Waals surface area contributed by atoms with Crippen molar-refractivity contribution in [1.82, 2.24) is 0 Å². The summed E-state index contributed by atoms with van der Waals surface area (Å²) in [4.78, 5) is 11.4. The third-order valence-electron chi connectivity index (χ3n) is 1.99. The molecule has 0 spiro atoms. The van der Waals surface area contributed by atoms with E-state index in [2.05, 4.69) is 5.32 Å². The molecule has 3 N–H and O–H groups in total. The van der Waals surface area contributed by atoms with Gasteiger partial charge in [-0.1, -0.05) is 12.1 Å². The number of hydrogen-bond donors (Lipinski definition) is 2. The van der Waals surface area contributed by atoms with Crippen LogP contribution in [0, 0.1) is 0 Å². The minimum atomic E-state index is -0.0371. The maximum Gasteiger partial charge on any atom is 0.224 e. The van der Waals surface area contributed by atoms with Crippen LogP contribution in [0.4, 0.5) is 5.69 Å². The van der Waals surface area contributed by atoms with Crippen molar-refractivity contribution >= 4 is 11.6 Å². The van der Waals surface area contributed by atoms with Gasteiger partial charge in [-0.3, -0.25) is 4.79 Å². The van der Waals surface area contributed by atoms with Crippen molar-refractivity contribution in [3.63, 3.8) is 0 Å². The fourth-order valence-corrected chi connectivity index (χ4v) is 1.22. The molecule has 1 aromatic rings. The lowest BCUT2D eigenvalue weighted by molar-refractivity contribution is -0.116. The lowest BCUT2D eigenvalue weighted by Crippen LogP contribution is -2.13. The largest absolute Gasteiger partial charge is 0.495 e. The van der Waals surface area contributed by atoms with Crippen molar-refractivity contribution < 1.29 is 9.53 Å². The first-order valence-corrected chi connectivity index (χ1v) is 4.91. The Labute approximate surface area is 89.4 Å². The predicted molar refractivity (Wildman–Crippen MR) is 59.9 cm³/mol. The monoisotopic (exact) mass is 208 g/mol. The van der Waals surface area contributed by atoms with E-state index < -0.39 is 0 Å². The molecule has 0 aliphatic heterocycles. The quantitative estimate of drug-likeness (QED) is 0.768. The highest BCUT2D eigenvalue weighted by Crippen LogP contribution is 2.22. The Kier molecular flexibility index (Phi) is 4.63. The normalized spacial score (nSPS) is 9.73. The van der Waals surface area contributed by atoms with E-state index in [0.717, 1.165) is 0 Å². The van der Waals surface area contributed by atoms with Gasteiger partial charge in [0.05, 0.1) is 12.8 Å². The summed E-state index contributed by atoms with van der Waals surface area (Å²) in [7, 11) is 1.57. The van der Waals surface area contributed by atoms with Crippen LogP contribution in [0.5, 0.6) is 5.75 Å². The topological polar surface area (TPSA) is 64.3 Å². The van der Waals surface area contributed by atoms with Crippen LogP contribution in [0.1, 0.15) is 12.8 Å². The van der Waals surface area contributed by atoms with Crippen LogP contribution in [-0.2, 0) is 4.79 Å². The average molecular weight is 208 g/mol. The van der Waals surface area contributed by atoms with Gasteiger partial charge in [-0.2, -0.15) is 0 Å². The minimum Gasteiger partial charge on any atom is -0.495 e. The van der Waals surface area contributed by atoms with Crippen LogP contribution < -0.4 is 15.8 Å². The number of nitrogens with one attached hydrogen (secondary N) is 1. The Morgan fingerprint density at radius 2 is 2.20 bits per heavy atom. The molecule has 0 saturated carbocycles. The molecule has 0 radical (unpaired) electrons. The van der Waals surface area contributed by atoms with Gasteiger partial charge in [-0.15, -0.1) is 0 Å². The van der Waals surface area contributed by atoms with Crippen molar-refractivity contribution in [2.24, 2.45) is 5.73 Å². The van der Waals surface area contributed by atoms with Crippen LogP contribution in [0.3, 0.4) is 0 Å². The smallest absolute Gasteiger partial charge is 0.224 e. The van der Waals surface area contributed by atoms with E-state index in [1.165, 1.54) is 0 Å². The lowest BCUT2D eigenvalue weighted by atomic mass is 10.2. The lowest BCUT2D eigenvalue weighted by Gasteiger charge is -2.09. The molecular weight excluding hydrogens is 192 g/mol. The molecule has 0 unspecified atom stereocenters. The second-order valence-corrected chi connectivity index (χ2v) is 3.14. The minimum absolute atomic E-state index is 0.0371. The molecule has 0 bridgehead atoms. The van der Waals surface area contributed by atoms with Gasteiger partial charge < -0.3 is 15.8 Å². The molecule has 1 aromatic carbocycles. The number of para-hydroxylation sites is 2. The van der Waals surface area contributed by atoms with E-state index in [4.69, 9.17) is 10.5 Å². The molecule has 1 amide bonds. The van der Waals surface area contributed by atoms with Gasteiger partial charge in [-0.05, 0) is 25.1 Å². The fraction of sp³-hybridized carbons (Fsp3) is 0.364. The fourth-order valence-electron chi connectivity index (χ4n) is 1.22. The number of ether oxygens (including phenoxy) is 1. The summed E-state index contributed by atoms with van der Waals surface area (Å²) in [6.45, 7) is 0.527. The summed E-state index contributed by atoms with van der Waals surface area (Å²) in [5, 5.41) is 2.78. The van der Waals surface area contributed by atoms with Crippen LogP contribution >= 0.6 is 0 Å². The van der Waals surface area contributed by atoms with Crippen molar-refractivity contribution in [3.8, 4) is 5.75 Å². The number of anilines is 1.